The predicted octanol–water partition coefficient (Wildman–Crippen LogP) is 17.2. The van der Waals surface area contributed by atoms with Crippen molar-refractivity contribution in [3.8, 4) is 55.6 Å². The number of hydrogen-bond acceptors (Lipinski definition) is 2. The highest BCUT2D eigenvalue weighted by Crippen LogP contribution is 2.50. The van der Waals surface area contributed by atoms with Crippen LogP contribution >= 0.6 is 0 Å². The van der Waals surface area contributed by atoms with E-state index in [0.29, 0.717) is 0 Å². The van der Waals surface area contributed by atoms with Crippen molar-refractivity contribution in [2.45, 2.75) is 19.3 Å². The van der Waals surface area contributed by atoms with Crippen LogP contribution in [0.1, 0.15) is 25.0 Å². The van der Waals surface area contributed by atoms with Crippen LogP contribution in [0.5, 0.6) is 0 Å². The van der Waals surface area contributed by atoms with Gasteiger partial charge >= 0.3 is 0 Å². The SMILES string of the molecule is CC1(C)c2ccccc2-c2ccc(-c3ccc(N(c4ccc(-c5cccc(-c6ccc7ccccc7c6)c5)cc4)c4ccc(-c5ccc6oc7ccccc7c6c5)cc4)cc3)cc21. The minimum absolute atomic E-state index is 0.0488. The number of para-hydroxylation sites is 1. The number of furan rings is 1. The highest BCUT2D eigenvalue weighted by molar-refractivity contribution is 6.06. The first-order valence-electron chi connectivity index (χ1n) is 21.8. The summed E-state index contributed by atoms with van der Waals surface area (Å²) >= 11 is 0. The van der Waals surface area contributed by atoms with Gasteiger partial charge in [0.05, 0.1) is 0 Å². The van der Waals surface area contributed by atoms with E-state index in [9.17, 15) is 0 Å². The van der Waals surface area contributed by atoms with Crippen molar-refractivity contribution < 1.29 is 4.42 Å². The molecule has 1 aromatic heterocycles. The number of benzene rings is 10. The zero-order valence-corrected chi connectivity index (χ0v) is 35.2. The Morgan fingerprint density at radius 1 is 0.317 bits per heavy atom. The molecule has 2 nitrogen and oxygen atoms in total. The van der Waals surface area contributed by atoms with Gasteiger partial charge in [-0.15, -0.1) is 0 Å². The third-order valence-electron chi connectivity index (χ3n) is 13.3. The maximum Gasteiger partial charge on any atom is 0.135 e. The summed E-state index contributed by atoms with van der Waals surface area (Å²) in [6, 6.07) is 81.7. The van der Waals surface area contributed by atoms with E-state index in [1.54, 1.807) is 0 Å². The van der Waals surface area contributed by atoms with Gasteiger partial charge in [0.1, 0.15) is 11.2 Å². The van der Waals surface area contributed by atoms with Crippen molar-refractivity contribution in [1.29, 1.82) is 0 Å². The molecule has 0 unspecified atom stereocenters. The molecule has 12 rings (SSSR count). The minimum atomic E-state index is -0.0488. The van der Waals surface area contributed by atoms with Crippen LogP contribution in [0.15, 0.2) is 229 Å². The normalized spacial score (nSPS) is 12.7. The molecule has 0 radical (unpaired) electrons. The average Bonchev–Trinajstić information content (AvgIpc) is 3.83. The van der Waals surface area contributed by atoms with Gasteiger partial charge in [-0.25, -0.2) is 0 Å². The third kappa shape index (κ3) is 6.34. The van der Waals surface area contributed by atoms with Gasteiger partial charge in [0.15, 0.2) is 0 Å². The fourth-order valence-electron chi connectivity index (χ4n) is 9.89. The van der Waals surface area contributed by atoms with Gasteiger partial charge in [-0.2, -0.15) is 0 Å². The van der Waals surface area contributed by atoms with E-state index >= 15 is 0 Å². The molecule has 1 aliphatic rings. The summed E-state index contributed by atoms with van der Waals surface area (Å²) in [7, 11) is 0. The van der Waals surface area contributed by atoms with Crippen molar-refractivity contribution in [1.82, 2.24) is 0 Å². The van der Waals surface area contributed by atoms with Gasteiger partial charge in [-0.1, -0.05) is 166 Å². The Hall–Kier alpha value is -7.94. The molecule has 0 N–H and O–H groups in total. The minimum Gasteiger partial charge on any atom is -0.456 e. The molecular weight excluding hydrogens is 763 g/mol. The van der Waals surface area contributed by atoms with Gasteiger partial charge in [-0.05, 0) is 150 Å². The van der Waals surface area contributed by atoms with Gasteiger partial charge in [0.2, 0.25) is 0 Å². The van der Waals surface area contributed by atoms with Crippen LogP contribution in [0.2, 0.25) is 0 Å². The van der Waals surface area contributed by atoms with E-state index in [0.717, 1.165) is 50.1 Å². The first-order valence-corrected chi connectivity index (χ1v) is 21.8. The van der Waals surface area contributed by atoms with Crippen LogP contribution in [-0.2, 0) is 5.41 Å². The van der Waals surface area contributed by atoms with E-state index in [1.165, 1.54) is 66.4 Å². The Balaban J connectivity index is 0.898. The number of fused-ring (bicyclic) bond motifs is 7. The largest absolute Gasteiger partial charge is 0.456 e. The zero-order chi connectivity index (χ0) is 42.1. The molecule has 2 heteroatoms. The fourth-order valence-corrected chi connectivity index (χ4v) is 9.89. The summed E-state index contributed by atoms with van der Waals surface area (Å²) in [6.45, 7) is 4.69. The third-order valence-corrected chi connectivity index (χ3v) is 13.3. The maximum absolute atomic E-state index is 6.14. The molecule has 0 aliphatic heterocycles. The fraction of sp³-hybridized carbons (Fsp3) is 0.0492. The summed E-state index contributed by atoms with van der Waals surface area (Å²) in [5.41, 5.74) is 20.1. The van der Waals surface area contributed by atoms with Crippen LogP contribution < -0.4 is 4.90 Å². The standard InChI is InChI=1S/C61H43NO/c1-61(2)57-16-7-5-14-53(57)54-34-26-49(39-58(54)61)43-24-32-52(33-25-43)62(51-30-22-42(23-31-51)48-27-35-60-56(38-48)55-15-6-8-17-59(55)63-60)50-28-20-41(21-29-50)45-12-9-13-46(36-45)47-19-18-40-10-3-4-11-44(40)37-47/h3-39H,1-2H3. The maximum atomic E-state index is 6.14. The summed E-state index contributed by atoms with van der Waals surface area (Å²) in [4.78, 5) is 2.36. The number of hydrogen-bond donors (Lipinski definition) is 0. The second-order valence-corrected chi connectivity index (χ2v) is 17.4. The molecule has 1 aliphatic carbocycles. The van der Waals surface area contributed by atoms with Crippen molar-refractivity contribution in [3.05, 3.63) is 236 Å². The summed E-state index contributed by atoms with van der Waals surface area (Å²) in [5, 5.41) is 4.78. The van der Waals surface area contributed by atoms with Crippen LogP contribution in [0.3, 0.4) is 0 Å². The van der Waals surface area contributed by atoms with Gasteiger partial charge in [0, 0.05) is 33.2 Å². The molecular formula is C61H43NO. The molecule has 1 heterocycles. The molecule has 0 bridgehead atoms. The number of nitrogens with zero attached hydrogens (tertiary/aromatic N) is 1. The monoisotopic (exact) mass is 805 g/mol. The molecule has 0 atom stereocenters. The van der Waals surface area contributed by atoms with Crippen LogP contribution in [0, 0.1) is 0 Å². The van der Waals surface area contributed by atoms with Crippen LogP contribution in [-0.4, -0.2) is 0 Å². The number of anilines is 3. The van der Waals surface area contributed by atoms with E-state index < -0.39 is 0 Å². The van der Waals surface area contributed by atoms with Gasteiger partial charge < -0.3 is 9.32 Å². The molecule has 0 saturated carbocycles. The van der Waals surface area contributed by atoms with E-state index in [4.69, 9.17) is 4.42 Å². The molecule has 10 aromatic carbocycles. The lowest BCUT2D eigenvalue weighted by Crippen LogP contribution is -2.14. The zero-order valence-electron chi connectivity index (χ0n) is 35.2. The van der Waals surface area contributed by atoms with E-state index in [1.807, 2.05) is 12.1 Å². The highest BCUT2D eigenvalue weighted by atomic mass is 16.3. The summed E-state index contributed by atoms with van der Waals surface area (Å²) < 4.78 is 6.14. The molecule has 11 aromatic rings. The van der Waals surface area contributed by atoms with E-state index in [-0.39, 0.29) is 5.41 Å². The molecule has 0 saturated heterocycles. The predicted molar refractivity (Wildman–Crippen MR) is 265 cm³/mol. The molecule has 63 heavy (non-hydrogen) atoms. The van der Waals surface area contributed by atoms with Crippen LogP contribution in [0.4, 0.5) is 17.1 Å². The summed E-state index contributed by atoms with van der Waals surface area (Å²) in [5.74, 6) is 0. The first kappa shape index (κ1) is 36.9. The quantitative estimate of drug-likeness (QED) is 0.160. The Morgan fingerprint density at radius 2 is 0.810 bits per heavy atom. The van der Waals surface area contributed by atoms with Crippen LogP contribution in [0.25, 0.3) is 88.3 Å². The Bertz CT molecular complexity index is 3520. The van der Waals surface area contributed by atoms with Gasteiger partial charge in [0.25, 0.3) is 0 Å². The van der Waals surface area contributed by atoms with Crippen molar-refractivity contribution in [3.63, 3.8) is 0 Å². The molecule has 0 fully saturated rings. The lowest BCUT2D eigenvalue weighted by atomic mass is 9.81. The molecule has 298 valence electrons. The van der Waals surface area contributed by atoms with Crippen molar-refractivity contribution in [2.24, 2.45) is 0 Å². The Kier molecular flexibility index (Phi) is 8.55. The smallest absolute Gasteiger partial charge is 0.135 e. The number of rotatable bonds is 7. The Morgan fingerprint density at radius 3 is 1.52 bits per heavy atom. The first-order chi connectivity index (χ1) is 30.9. The topological polar surface area (TPSA) is 16.4 Å². The lowest BCUT2D eigenvalue weighted by molar-refractivity contribution is 0.660. The summed E-state index contributed by atoms with van der Waals surface area (Å²) in [6.07, 6.45) is 0. The lowest BCUT2D eigenvalue weighted by Gasteiger charge is -2.26. The second-order valence-electron chi connectivity index (χ2n) is 17.4. The molecule has 0 spiro atoms. The molecule has 0 amide bonds. The van der Waals surface area contributed by atoms with Crippen molar-refractivity contribution in [2.75, 3.05) is 4.90 Å². The van der Waals surface area contributed by atoms with Gasteiger partial charge in [-0.3, -0.25) is 0 Å². The highest BCUT2D eigenvalue weighted by Gasteiger charge is 2.35. The average molecular weight is 806 g/mol. The van der Waals surface area contributed by atoms with E-state index in [2.05, 4.69) is 231 Å². The Labute approximate surface area is 368 Å². The van der Waals surface area contributed by atoms with Crippen molar-refractivity contribution >= 4 is 49.8 Å². The second kappa shape index (κ2) is 14.6.